The van der Waals surface area contributed by atoms with E-state index in [-0.39, 0.29) is 0 Å². The van der Waals surface area contributed by atoms with Crippen molar-refractivity contribution in [3.8, 4) is 0 Å². The highest BCUT2D eigenvalue weighted by Gasteiger charge is 2.49. The van der Waals surface area contributed by atoms with E-state index >= 15 is 0 Å². The maximum atomic E-state index is 3.70. The zero-order valence-electron chi connectivity index (χ0n) is 13.7. The molecular formula is C19H31N. The van der Waals surface area contributed by atoms with E-state index in [1.165, 1.54) is 25.8 Å². The number of benzene rings is 1. The number of rotatable bonds is 8. The highest BCUT2D eigenvalue weighted by atomic mass is 14.9. The molecule has 1 aliphatic carbocycles. The van der Waals surface area contributed by atoms with Crippen LogP contribution in [0.15, 0.2) is 30.3 Å². The van der Waals surface area contributed by atoms with Gasteiger partial charge in [-0.15, -0.1) is 0 Å². The lowest BCUT2D eigenvalue weighted by atomic mass is 9.78. The monoisotopic (exact) mass is 273 g/mol. The molecule has 112 valence electrons. The lowest BCUT2D eigenvalue weighted by molar-refractivity contribution is 0.227. The van der Waals surface area contributed by atoms with Crippen LogP contribution in [-0.2, 0) is 0 Å². The number of hydrogen-bond donors (Lipinski definition) is 1. The molecule has 0 saturated heterocycles. The summed E-state index contributed by atoms with van der Waals surface area (Å²) >= 11 is 0. The molecule has 0 aromatic heterocycles. The van der Waals surface area contributed by atoms with Crippen molar-refractivity contribution in [1.82, 2.24) is 5.32 Å². The van der Waals surface area contributed by atoms with Gasteiger partial charge in [0.2, 0.25) is 0 Å². The molecule has 1 aromatic rings. The average Bonchev–Trinajstić information content (AvgIpc) is 3.20. The van der Waals surface area contributed by atoms with Crippen molar-refractivity contribution in [1.29, 1.82) is 0 Å². The number of hydrogen-bond acceptors (Lipinski definition) is 1. The van der Waals surface area contributed by atoms with Gasteiger partial charge in [-0.1, -0.05) is 64.4 Å². The Bertz CT molecular complexity index is 397. The maximum absolute atomic E-state index is 3.70. The van der Waals surface area contributed by atoms with Gasteiger partial charge in [-0.05, 0) is 48.1 Å². The SMILES string of the molecule is CCCC(C)(CNCC(C)C)C1CC1c1ccccc1. The van der Waals surface area contributed by atoms with Gasteiger partial charge < -0.3 is 5.32 Å². The predicted molar refractivity (Wildman–Crippen MR) is 88.0 cm³/mol. The normalized spacial score (nSPS) is 24.6. The standard InChI is InChI=1S/C19H31N/c1-5-11-19(4,14-20-13-15(2)3)18-12-17(18)16-9-7-6-8-10-16/h6-10,15,17-18,20H,5,11-14H2,1-4H3. The first kappa shape index (κ1) is 15.6. The summed E-state index contributed by atoms with van der Waals surface area (Å²) in [5.41, 5.74) is 2.01. The lowest BCUT2D eigenvalue weighted by Crippen LogP contribution is -2.35. The Hall–Kier alpha value is -0.820. The molecule has 3 unspecified atom stereocenters. The van der Waals surface area contributed by atoms with E-state index in [1.807, 2.05) is 0 Å². The maximum Gasteiger partial charge on any atom is 0.000815 e. The van der Waals surface area contributed by atoms with Crippen LogP contribution in [0.1, 0.15) is 58.4 Å². The molecule has 0 spiro atoms. The summed E-state index contributed by atoms with van der Waals surface area (Å²) in [5, 5.41) is 3.70. The molecule has 1 aliphatic rings. The summed E-state index contributed by atoms with van der Waals surface area (Å²) in [6, 6.07) is 11.1. The largest absolute Gasteiger partial charge is 0.316 e. The summed E-state index contributed by atoms with van der Waals surface area (Å²) in [6.07, 6.45) is 4.01. The van der Waals surface area contributed by atoms with Crippen LogP contribution >= 0.6 is 0 Å². The van der Waals surface area contributed by atoms with E-state index in [2.05, 4.69) is 63.3 Å². The highest BCUT2D eigenvalue weighted by Crippen LogP contribution is 2.58. The van der Waals surface area contributed by atoms with Gasteiger partial charge in [0, 0.05) is 6.54 Å². The smallest absolute Gasteiger partial charge is 0.000815 e. The fourth-order valence-corrected chi connectivity index (χ4v) is 3.66. The molecule has 2 rings (SSSR count). The van der Waals surface area contributed by atoms with Gasteiger partial charge >= 0.3 is 0 Å². The molecule has 0 bridgehead atoms. The molecule has 0 heterocycles. The minimum Gasteiger partial charge on any atom is -0.316 e. The molecule has 1 N–H and O–H groups in total. The number of nitrogens with one attached hydrogen (secondary N) is 1. The minimum atomic E-state index is 0.462. The van der Waals surface area contributed by atoms with E-state index < -0.39 is 0 Å². The molecule has 20 heavy (non-hydrogen) atoms. The third-order valence-electron chi connectivity index (χ3n) is 4.82. The summed E-state index contributed by atoms with van der Waals surface area (Å²) in [7, 11) is 0. The van der Waals surface area contributed by atoms with Gasteiger partial charge in [-0.25, -0.2) is 0 Å². The summed E-state index contributed by atoms with van der Waals surface area (Å²) in [4.78, 5) is 0. The lowest BCUT2D eigenvalue weighted by Gasteiger charge is -2.31. The van der Waals surface area contributed by atoms with Crippen molar-refractivity contribution in [3.05, 3.63) is 35.9 Å². The second-order valence-electron chi connectivity index (χ2n) is 7.29. The molecule has 1 fully saturated rings. The molecule has 0 radical (unpaired) electrons. The van der Waals surface area contributed by atoms with Crippen molar-refractivity contribution < 1.29 is 0 Å². The van der Waals surface area contributed by atoms with Gasteiger partial charge in [0.05, 0.1) is 0 Å². The fourth-order valence-electron chi connectivity index (χ4n) is 3.66. The van der Waals surface area contributed by atoms with Crippen LogP contribution in [0.25, 0.3) is 0 Å². The molecular weight excluding hydrogens is 242 g/mol. The topological polar surface area (TPSA) is 12.0 Å². The van der Waals surface area contributed by atoms with E-state index in [0.29, 0.717) is 5.41 Å². The van der Waals surface area contributed by atoms with E-state index in [0.717, 1.165) is 24.3 Å². The van der Waals surface area contributed by atoms with Crippen molar-refractivity contribution in [2.24, 2.45) is 17.3 Å². The second-order valence-corrected chi connectivity index (χ2v) is 7.29. The Morgan fingerprint density at radius 1 is 1.25 bits per heavy atom. The fraction of sp³-hybridized carbons (Fsp3) is 0.684. The average molecular weight is 273 g/mol. The third kappa shape index (κ3) is 3.85. The molecule has 1 aromatic carbocycles. The Labute approximate surface area is 125 Å². The molecule has 3 atom stereocenters. The first-order valence-electron chi connectivity index (χ1n) is 8.32. The van der Waals surface area contributed by atoms with Crippen LogP contribution in [0.2, 0.25) is 0 Å². The van der Waals surface area contributed by atoms with Gasteiger partial charge in [0.25, 0.3) is 0 Å². The van der Waals surface area contributed by atoms with Crippen molar-refractivity contribution in [3.63, 3.8) is 0 Å². The van der Waals surface area contributed by atoms with Crippen LogP contribution in [0, 0.1) is 17.3 Å². The predicted octanol–water partition coefficient (Wildman–Crippen LogP) is 4.84. The van der Waals surface area contributed by atoms with Crippen LogP contribution in [0.4, 0.5) is 0 Å². The van der Waals surface area contributed by atoms with Gasteiger partial charge in [0.15, 0.2) is 0 Å². The quantitative estimate of drug-likeness (QED) is 0.714. The molecule has 0 aliphatic heterocycles. The Balaban J connectivity index is 1.95. The van der Waals surface area contributed by atoms with Crippen LogP contribution in [-0.4, -0.2) is 13.1 Å². The van der Waals surface area contributed by atoms with Crippen LogP contribution < -0.4 is 5.32 Å². The van der Waals surface area contributed by atoms with Crippen LogP contribution in [0.5, 0.6) is 0 Å². The summed E-state index contributed by atoms with van der Waals surface area (Å²) < 4.78 is 0. The second kappa shape index (κ2) is 6.76. The van der Waals surface area contributed by atoms with Crippen molar-refractivity contribution >= 4 is 0 Å². The van der Waals surface area contributed by atoms with Gasteiger partial charge in [-0.2, -0.15) is 0 Å². The van der Waals surface area contributed by atoms with Gasteiger partial charge in [0.1, 0.15) is 0 Å². The third-order valence-corrected chi connectivity index (χ3v) is 4.82. The van der Waals surface area contributed by atoms with Gasteiger partial charge in [-0.3, -0.25) is 0 Å². The van der Waals surface area contributed by atoms with Crippen molar-refractivity contribution in [2.75, 3.05) is 13.1 Å². The molecule has 1 nitrogen and oxygen atoms in total. The van der Waals surface area contributed by atoms with Crippen molar-refractivity contribution in [2.45, 2.75) is 52.9 Å². The Kier molecular flexibility index (Phi) is 5.26. The Morgan fingerprint density at radius 2 is 1.95 bits per heavy atom. The van der Waals surface area contributed by atoms with E-state index in [4.69, 9.17) is 0 Å². The zero-order chi connectivity index (χ0) is 14.6. The van der Waals surface area contributed by atoms with E-state index in [1.54, 1.807) is 5.56 Å². The van der Waals surface area contributed by atoms with Crippen LogP contribution in [0.3, 0.4) is 0 Å². The summed E-state index contributed by atoms with van der Waals surface area (Å²) in [5.74, 6) is 2.41. The summed E-state index contributed by atoms with van der Waals surface area (Å²) in [6.45, 7) is 11.7. The molecule has 0 amide bonds. The first-order chi connectivity index (χ1) is 9.57. The Morgan fingerprint density at radius 3 is 2.55 bits per heavy atom. The minimum absolute atomic E-state index is 0.462. The molecule has 1 heteroatoms. The first-order valence-corrected chi connectivity index (χ1v) is 8.32. The highest BCUT2D eigenvalue weighted by molar-refractivity contribution is 5.27. The van der Waals surface area contributed by atoms with E-state index in [9.17, 15) is 0 Å². The molecule has 1 saturated carbocycles. The zero-order valence-corrected chi connectivity index (χ0v) is 13.7.